The largest absolute Gasteiger partial charge is 0.449 e. The Morgan fingerprint density at radius 1 is 1.07 bits per heavy atom. The van der Waals surface area contributed by atoms with E-state index in [9.17, 15) is 22.8 Å². The van der Waals surface area contributed by atoms with E-state index in [1.54, 1.807) is 0 Å². The standard InChI is InChI=1S/C19H23F3N2O3/c20-19(21,22)15-8-6-13(7-9-15)17(25)23-18(26)27-12-14-4-3-11-24-10-2-1-5-16(14)24/h6-9,14,16H,1-5,10-12H2,(H,23,25,26)/t14-,16+/m0/s1. The summed E-state index contributed by atoms with van der Waals surface area (Å²) in [7, 11) is 0. The first-order chi connectivity index (χ1) is 12.8. The topological polar surface area (TPSA) is 58.6 Å². The summed E-state index contributed by atoms with van der Waals surface area (Å²) in [6, 6.07) is 4.10. The molecule has 1 aromatic carbocycles. The third-order valence-electron chi connectivity index (χ3n) is 5.35. The van der Waals surface area contributed by atoms with Crippen molar-refractivity contribution in [3.63, 3.8) is 0 Å². The first-order valence-electron chi connectivity index (χ1n) is 9.24. The normalized spacial score (nSPS) is 23.4. The van der Waals surface area contributed by atoms with Gasteiger partial charge in [-0.05, 0) is 63.0 Å². The lowest BCUT2D eigenvalue weighted by atomic mass is 9.84. The van der Waals surface area contributed by atoms with E-state index in [0.717, 1.165) is 56.6 Å². The number of hydrogen-bond donors (Lipinski definition) is 1. The number of fused-ring (bicyclic) bond motifs is 1. The number of nitrogens with zero attached hydrogens (tertiary/aromatic N) is 1. The Morgan fingerprint density at radius 2 is 1.78 bits per heavy atom. The van der Waals surface area contributed by atoms with Crippen molar-refractivity contribution in [2.45, 2.75) is 44.3 Å². The van der Waals surface area contributed by atoms with Crippen molar-refractivity contribution in [3.8, 4) is 0 Å². The van der Waals surface area contributed by atoms with E-state index in [-0.39, 0.29) is 18.1 Å². The summed E-state index contributed by atoms with van der Waals surface area (Å²) < 4.78 is 42.9. The molecule has 0 saturated carbocycles. The number of ether oxygens (including phenoxy) is 1. The van der Waals surface area contributed by atoms with Crippen molar-refractivity contribution in [2.75, 3.05) is 19.7 Å². The minimum absolute atomic E-state index is 0.0314. The molecule has 0 spiro atoms. The van der Waals surface area contributed by atoms with Crippen LogP contribution in [0.15, 0.2) is 24.3 Å². The van der Waals surface area contributed by atoms with Gasteiger partial charge in [0.2, 0.25) is 0 Å². The molecule has 1 N–H and O–H groups in total. The molecule has 2 heterocycles. The van der Waals surface area contributed by atoms with E-state index in [2.05, 4.69) is 10.2 Å². The van der Waals surface area contributed by atoms with Gasteiger partial charge < -0.3 is 4.74 Å². The lowest BCUT2D eigenvalue weighted by Crippen LogP contribution is -2.49. The number of carbonyl (C=O) groups is 2. The molecule has 2 amide bonds. The fraction of sp³-hybridized carbons (Fsp3) is 0.579. The highest BCUT2D eigenvalue weighted by Crippen LogP contribution is 2.31. The molecular formula is C19H23F3N2O3. The number of benzene rings is 1. The fourth-order valence-corrected chi connectivity index (χ4v) is 3.97. The number of carbonyl (C=O) groups excluding carboxylic acids is 2. The fourth-order valence-electron chi connectivity index (χ4n) is 3.97. The number of amides is 2. The Kier molecular flexibility index (Phi) is 6.04. The van der Waals surface area contributed by atoms with Gasteiger partial charge in [0.05, 0.1) is 12.2 Å². The number of alkyl halides is 3. The molecule has 2 aliphatic heterocycles. The lowest BCUT2D eigenvalue weighted by molar-refractivity contribution is -0.137. The van der Waals surface area contributed by atoms with E-state index < -0.39 is 23.7 Å². The van der Waals surface area contributed by atoms with Gasteiger partial charge in [0.15, 0.2) is 0 Å². The number of rotatable bonds is 3. The van der Waals surface area contributed by atoms with Crippen LogP contribution < -0.4 is 5.32 Å². The van der Waals surface area contributed by atoms with Crippen molar-refractivity contribution in [2.24, 2.45) is 5.92 Å². The highest BCUT2D eigenvalue weighted by Gasteiger charge is 2.34. The number of nitrogens with one attached hydrogen (secondary N) is 1. The predicted octanol–water partition coefficient (Wildman–Crippen LogP) is 3.84. The van der Waals surface area contributed by atoms with Crippen LogP contribution in [0.25, 0.3) is 0 Å². The first kappa shape index (κ1) is 19.7. The number of imide groups is 1. The van der Waals surface area contributed by atoms with Gasteiger partial charge >= 0.3 is 12.3 Å². The number of piperidine rings is 2. The second-order valence-electron chi connectivity index (χ2n) is 7.13. The van der Waals surface area contributed by atoms with Gasteiger partial charge in [0.25, 0.3) is 5.91 Å². The quantitative estimate of drug-likeness (QED) is 0.860. The van der Waals surface area contributed by atoms with Crippen molar-refractivity contribution in [3.05, 3.63) is 35.4 Å². The first-order valence-corrected chi connectivity index (χ1v) is 9.24. The van der Waals surface area contributed by atoms with E-state index in [4.69, 9.17) is 4.74 Å². The van der Waals surface area contributed by atoms with Gasteiger partial charge in [-0.25, -0.2) is 4.79 Å². The Labute approximate surface area is 155 Å². The average molecular weight is 384 g/mol. The zero-order valence-corrected chi connectivity index (χ0v) is 14.9. The maximum absolute atomic E-state index is 12.5. The monoisotopic (exact) mass is 384 g/mol. The molecule has 2 aliphatic rings. The van der Waals surface area contributed by atoms with Crippen molar-refractivity contribution < 1.29 is 27.5 Å². The highest BCUT2D eigenvalue weighted by molar-refractivity contribution is 6.02. The summed E-state index contributed by atoms with van der Waals surface area (Å²) in [6.07, 6.45) is 0.189. The molecule has 148 valence electrons. The summed E-state index contributed by atoms with van der Waals surface area (Å²) in [4.78, 5) is 26.4. The molecule has 0 radical (unpaired) electrons. The van der Waals surface area contributed by atoms with Crippen molar-refractivity contribution >= 4 is 12.0 Å². The molecule has 0 aromatic heterocycles. The zero-order valence-electron chi connectivity index (χ0n) is 14.9. The van der Waals surface area contributed by atoms with Gasteiger partial charge in [-0.3, -0.25) is 15.0 Å². The molecule has 2 atom stereocenters. The minimum Gasteiger partial charge on any atom is -0.449 e. The highest BCUT2D eigenvalue weighted by atomic mass is 19.4. The number of halogens is 3. The predicted molar refractivity (Wildman–Crippen MR) is 92.2 cm³/mol. The molecule has 0 unspecified atom stereocenters. The van der Waals surface area contributed by atoms with Crippen LogP contribution >= 0.6 is 0 Å². The molecule has 3 rings (SSSR count). The van der Waals surface area contributed by atoms with Gasteiger partial charge in [-0.2, -0.15) is 13.2 Å². The molecule has 0 bridgehead atoms. The Bertz CT molecular complexity index is 674. The third-order valence-corrected chi connectivity index (χ3v) is 5.35. The van der Waals surface area contributed by atoms with Gasteiger partial charge in [0.1, 0.15) is 0 Å². The van der Waals surface area contributed by atoms with Crippen LogP contribution in [0.1, 0.15) is 48.0 Å². The Hall–Kier alpha value is -2.09. The van der Waals surface area contributed by atoms with Crippen molar-refractivity contribution in [1.82, 2.24) is 10.2 Å². The van der Waals surface area contributed by atoms with Gasteiger partial charge in [-0.15, -0.1) is 0 Å². The van der Waals surface area contributed by atoms with Crippen LogP contribution in [0.4, 0.5) is 18.0 Å². The lowest BCUT2D eigenvalue weighted by Gasteiger charge is -2.44. The van der Waals surface area contributed by atoms with E-state index in [1.165, 1.54) is 12.8 Å². The van der Waals surface area contributed by atoms with Gasteiger partial charge in [0, 0.05) is 17.5 Å². The maximum atomic E-state index is 12.5. The SMILES string of the molecule is O=C(NC(=O)c1ccc(C(F)(F)F)cc1)OC[C@@H]1CCCN2CCCC[C@H]12. The summed E-state index contributed by atoms with van der Waals surface area (Å²) in [5.41, 5.74) is -0.882. The summed E-state index contributed by atoms with van der Waals surface area (Å²) in [5, 5.41) is 2.07. The minimum atomic E-state index is -4.47. The van der Waals surface area contributed by atoms with E-state index >= 15 is 0 Å². The maximum Gasteiger partial charge on any atom is 0.416 e. The second-order valence-corrected chi connectivity index (χ2v) is 7.13. The Balaban J connectivity index is 1.49. The zero-order chi connectivity index (χ0) is 19.4. The average Bonchev–Trinajstić information content (AvgIpc) is 2.65. The molecule has 8 heteroatoms. The molecule has 5 nitrogen and oxygen atoms in total. The third kappa shape index (κ3) is 5.00. The van der Waals surface area contributed by atoms with Crippen LogP contribution in [0, 0.1) is 5.92 Å². The smallest absolute Gasteiger partial charge is 0.416 e. The van der Waals surface area contributed by atoms with Crippen LogP contribution in [-0.4, -0.2) is 42.6 Å². The number of hydrogen-bond acceptors (Lipinski definition) is 4. The molecule has 0 aliphatic carbocycles. The molecule has 2 saturated heterocycles. The molecule has 1 aromatic rings. The van der Waals surface area contributed by atoms with Crippen LogP contribution in [0.2, 0.25) is 0 Å². The molecular weight excluding hydrogens is 361 g/mol. The van der Waals surface area contributed by atoms with Crippen LogP contribution in [0.5, 0.6) is 0 Å². The van der Waals surface area contributed by atoms with Crippen LogP contribution in [0.3, 0.4) is 0 Å². The van der Waals surface area contributed by atoms with Crippen LogP contribution in [-0.2, 0) is 10.9 Å². The molecule has 2 fully saturated rings. The molecule has 27 heavy (non-hydrogen) atoms. The summed E-state index contributed by atoms with van der Waals surface area (Å²) in [5.74, 6) is -0.525. The second kappa shape index (κ2) is 8.29. The summed E-state index contributed by atoms with van der Waals surface area (Å²) >= 11 is 0. The van der Waals surface area contributed by atoms with Gasteiger partial charge in [-0.1, -0.05) is 6.42 Å². The van der Waals surface area contributed by atoms with E-state index in [1.807, 2.05) is 0 Å². The number of alkyl carbamates (subject to hydrolysis) is 1. The van der Waals surface area contributed by atoms with Crippen molar-refractivity contribution in [1.29, 1.82) is 0 Å². The van der Waals surface area contributed by atoms with E-state index in [0.29, 0.717) is 6.04 Å². The summed E-state index contributed by atoms with van der Waals surface area (Å²) in [6.45, 7) is 2.41. The Morgan fingerprint density at radius 3 is 2.48 bits per heavy atom.